The van der Waals surface area contributed by atoms with Crippen LogP contribution >= 0.6 is 11.8 Å². The first-order valence-electron chi connectivity index (χ1n) is 8.31. The fourth-order valence-corrected chi connectivity index (χ4v) is 4.91. The number of aliphatic carboxylic acids is 1. The van der Waals surface area contributed by atoms with Gasteiger partial charge in [0.05, 0.1) is 0 Å². The number of benzene rings is 1. The molecule has 0 radical (unpaired) electrons. The Kier molecular flexibility index (Phi) is 4.95. The molecule has 1 saturated heterocycles. The molecule has 0 spiro atoms. The molecule has 0 aromatic heterocycles. The Labute approximate surface area is 141 Å². The molecule has 2 aliphatic rings. The number of carboxylic acids is 1. The minimum Gasteiger partial charge on any atom is -0.480 e. The fourth-order valence-electron chi connectivity index (χ4n) is 3.72. The number of amides is 1. The zero-order valence-corrected chi connectivity index (χ0v) is 14.0. The maximum atomic E-state index is 12.5. The summed E-state index contributed by atoms with van der Waals surface area (Å²) in [6, 6.07) is 8.31. The van der Waals surface area contributed by atoms with Crippen molar-refractivity contribution in [3.8, 4) is 0 Å². The number of aryl methyl sites for hydroxylation is 1. The van der Waals surface area contributed by atoms with Gasteiger partial charge in [-0.2, -0.15) is 11.8 Å². The number of carboxylic acid groups (broad SMARTS) is 1. The van der Waals surface area contributed by atoms with E-state index in [2.05, 4.69) is 17.4 Å². The van der Waals surface area contributed by atoms with Gasteiger partial charge in [-0.15, -0.1) is 0 Å². The summed E-state index contributed by atoms with van der Waals surface area (Å²) in [4.78, 5) is 24.2. The third-order valence-electron chi connectivity index (χ3n) is 5.06. The Balaban J connectivity index is 1.69. The predicted molar refractivity (Wildman–Crippen MR) is 91.8 cm³/mol. The van der Waals surface area contributed by atoms with Crippen LogP contribution in [0.5, 0.6) is 0 Å². The van der Waals surface area contributed by atoms with Crippen LogP contribution in [0.25, 0.3) is 0 Å². The molecule has 1 amide bonds. The largest absolute Gasteiger partial charge is 0.480 e. The summed E-state index contributed by atoms with van der Waals surface area (Å²) in [6.07, 6.45) is 4.58. The van der Waals surface area contributed by atoms with E-state index in [1.54, 1.807) is 11.8 Å². The summed E-state index contributed by atoms with van der Waals surface area (Å²) < 4.78 is 0. The average Bonchev–Trinajstić information content (AvgIpc) is 2.56. The van der Waals surface area contributed by atoms with Crippen molar-refractivity contribution in [2.24, 2.45) is 0 Å². The molecule has 0 bridgehead atoms. The number of rotatable bonds is 4. The van der Waals surface area contributed by atoms with E-state index in [-0.39, 0.29) is 11.8 Å². The van der Waals surface area contributed by atoms with Gasteiger partial charge in [0.2, 0.25) is 5.91 Å². The number of hydrogen-bond donors (Lipinski definition) is 2. The van der Waals surface area contributed by atoms with Crippen molar-refractivity contribution in [3.63, 3.8) is 0 Å². The molecule has 4 nitrogen and oxygen atoms in total. The van der Waals surface area contributed by atoms with Crippen molar-refractivity contribution >= 4 is 23.6 Å². The molecule has 2 N–H and O–H groups in total. The standard InChI is InChI=1S/C18H23NO3S/c20-16(19-18(17(21)22)8-10-23-11-9-18)12-14-6-3-5-13-4-1-2-7-15(13)14/h1-2,4,7,14H,3,5-6,8-12H2,(H,19,20)(H,21,22). The highest BCUT2D eigenvalue weighted by Gasteiger charge is 2.41. The van der Waals surface area contributed by atoms with E-state index < -0.39 is 11.5 Å². The van der Waals surface area contributed by atoms with E-state index in [0.717, 1.165) is 30.8 Å². The Hall–Kier alpha value is -1.49. The van der Waals surface area contributed by atoms with Crippen LogP contribution in [0.2, 0.25) is 0 Å². The van der Waals surface area contributed by atoms with Gasteiger partial charge in [-0.05, 0) is 60.7 Å². The first-order chi connectivity index (χ1) is 11.1. The lowest BCUT2D eigenvalue weighted by Gasteiger charge is -2.34. The number of thioether (sulfide) groups is 1. The minimum atomic E-state index is -1.06. The van der Waals surface area contributed by atoms with Crippen LogP contribution < -0.4 is 5.32 Å². The van der Waals surface area contributed by atoms with Crippen LogP contribution in [0.3, 0.4) is 0 Å². The van der Waals surface area contributed by atoms with Gasteiger partial charge in [0.25, 0.3) is 0 Å². The van der Waals surface area contributed by atoms with Gasteiger partial charge < -0.3 is 10.4 Å². The van der Waals surface area contributed by atoms with Crippen LogP contribution in [0.4, 0.5) is 0 Å². The van der Waals surface area contributed by atoms with Crippen molar-refractivity contribution in [1.82, 2.24) is 5.32 Å². The van der Waals surface area contributed by atoms with Gasteiger partial charge in [-0.25, -0.2) is 4.79 Å². The van der Waals surface area contributed by atoms with Gasteiger partial charge in [0, 0.05) is 6.42 Å². The Bertz CT molecular complexity index is 596. The Morgan fingerprint density at radius 2 is 2.00 bits per heavy atom. The van der Waals surface area contributed by atoms with Gasteiger partial charge in [-0.1, -0.05) is 24.3 Å². The Morgan fingerprint density at radius 3 is 2.74 bits per heavy atom. The minimum absolute atomic E-state index is 0.124. The van der Waals surface area contributed by atoms with Crippen molar-refractivity contribution in [1.29, 1.82) is 0 Å². The predicted octanol–water partition coefficient (Wildman–Crippen LogP) is 2.96. The molecule has 23 heavy (non-hydrogen) atoms. The summed E-state index contributed by atoms with van der Waals surface area (Å²) in [5, 5.41) is 12.4. The molecular weight excluding hydrogens is 310 g/mol. The molecule has 124 valence electrons. The summed E-state index contributed by atoms with van der Waals surface area (Å²) in [5.41, 5.74) is 1.53. The quantitative estimate of drug-likeness (QED) is 0.889. The van der Waals surface area contributed by atoms with Gasteiger partial charge in [0.15, 0.2) is 0 Å². The molecule has 1 unspecified atom stereocenters. The fraction of sp³-hybridized carbons (Fsp3) is 0.556. The highest BCUT2D eigenvalue weighted by atomic mass is 32.2. The van der Waals surface area contributed by atoms with E-state index in [1.165, 1.54) is 11.1 Å². The van der Waals surface area contributed by atoms with E-state index in [0.29, 0.717) is 19.3 Å². The maximum absolute atomic E-state index is 12.5. The molecule has 1 heterocycles. The molecule has 1 aliphatic carbocycles. The lowest BCUT2D eigenvalue weighted by molar-refractivity contribution is -0.148. The molecule has 1 atom stereocenters. The summed E-state index contributed by atoms with van der Waals surface area (Å²) >= 11 is 1.75. The van der Waals surface area contributed by atoms with Crippen molar-refractivity contribution in [2.75, 3.05) is 11.5 Å². The van der Waals surface area contributed by atoms with Crippen LogP contribution in [0.1, 0.15) is 49.1 Å². The van der Waals surface area contributed by atoms with Crippen molar-refractivity contribution in [3.05, 3.63) is 35.4 Å². The number of carbonyl (C=O) groups excluding carboxylic acids is 1. The first kappa shape index (κ1) is 16.4. The van der Waals surface area contributed by atoms with E-state index >= 15 is 0 Å². The maximum Gasteiger partial charge on any atom is 0.329 e. The highest BCUT2D eigenvalue weighted by molar-refractivity contribution is 7.99. The lowest BCUT2D eigenvalue weighted by Crippen LogP contribution is -2.56. The zero-order valence-electron chi connectivity index (χ0n) is 13.2. The lowest BCUT2D eigenvalue weighted by atomic mass is 9.80. The third-order valence-corrected chi connectivity index (χ3v) is 6.05. The molecule has 0 saturated carbocycles. The van der Waals surface area contributed by atoms with Gasteiger partial charge >= 0.3 is 5.97 Å². The average molecular weight is 333 g/mol. The first-order valence-corrected chi connectivity index (χ1v) is 9.46. The SMILES string of the molecule is O=C(CC1CCCc2ccccc21)NC1(C(=O)O)CCSCC1. The number of nitrogens with one attached hydrogen (secondary N) is 1. The number of carbonyl (C=O) groups is 2. The number of hydrogen-bond acceptors (Lipinski definition) is 3. The van der Waals surface area contributed by atoms with E-state index in [9.17, 15) is 14.7 Å². The Morgan fingerprint density at radius 1 is 1.26 bits per heavy atom. The molecule has 1 aromatic rings. The van der Waals surface area contributed by atoms with Crippen molar-refractivity contribution in [2.45, 2.75) is 50.0 Å². The second kappa shape index (κ2) is 6.95. The summed E-state index contributed by atoms with van der Waals surface area (Å²) in [7, 11) is 0. The summed E-state index contributed by atoms with van der Waals surface area (Å²) in [5.74, 6) is 0.775. The van der Waals surface area contributed by atoms with Crippen molar-refractivity contribution < 1.29 is 14.7 Å². The highest BCUT2D eigenvalue weighted by Crippen LogP contribution is 2.34. The normalized spacial score (nSPS) is 22.9. The smallest absolute Gasteiger partial charge is 0.329 e. The topological polar surface area (TPSA) is 66.4 Å². The molecule has 3 rings (SSSR count). The van der Waals surface area contributed by atoms with E-state index in [4.69, 9.17) is 0 Å². The van der Waals surface area contributed by atoms with Crippen LogP contribution in [-0.4, -0.2) is 34.0 Å². The molecular formula is C18H23NO3S. The van der Waals surface area contributed by atoms with Gasteiger partial charge in [0.1, 0.15) is 5.54 Å². The van der Waals surface area contributed by atoms with E-state index in [1.807, 2.05) is 12.1 Å². The third kappa shape index (κ3) is 3.55. The van der Waals surface area contributed by atoms with Gasteiger partial charge in [-0.3, -0.25) is 4.79 Å². The molecule has 1 fully saturated rings. The van der Waals surface area contributed by atoms with Crippen LogP contribution in [-0.2, 0) is 16.0 Å². The van der Waals surface area contributed by atoms with Crippen LogP contribution in [0, 0.1) is 0 Å². The zero-order chi connectivity index (χ0) is 16.3. The molecule has 1 aliphatic heterocycles. The number of fused-ring (bicyclic) bond motifs is 1. The molecule has 5 heteroatoms. The van der Waals surface area contributed by atoms with Crippen LogP contribution in [0.15, 0.2) is 24.3 Å². The monoisotopic (exact) mass is 333 g/mol. The molecule has 1 aromatic carbocycles. The second-order valence-corrected chi connectivity index (χ2v) is 7.76. The summed E-state index contributed by atoms with van der Waals surface area (Å²) in [6.45, 7) is 0. The second-order valence-electron chi connectivity index (χ2n) is 6.54.